The molecule has 1 aliphatic rings. The average Bonchev–Trinajstić information content (AvgIpc) is 2.98. The minimum absolute atomic E-state index is 0.253. The van der Waals surface area contributed by atoms with Crippen LogP contribution in [0.25, 0.3) is 0 Å². The molecule has 1 fully saturated rings. The third-order valence-corrected chi connectivity index (χ3v) is 3.53. The molecule has 102 valence electrons. The highest BCUT2D eigenvalue weighted by atomic mass is 32.1. The quantitative estimate of drug-likeness (QED) is 0.717. The number of aliphatic hydroxyl groups excluding tert-OH is 1. The molecule has 6 nitrogen and oxygen atoms in total. The van der Waals surface area contributed by atoms with Gasteiger partial charge in [0.15, 0.2) is 0 Å². The van der Waals surface area contributed by atoms with Gasteiger partial charge in [-0.2, -0.15) is 4.37 Å². The Hall–Kier alpha value is -0.760. The van der Waals surface area contributed by atoms with Crippen LogP contribution < -0.4 is 10.1 Å². The molecule has 0 bridgehead atoms. The topological polar surface area (TPSA) is 70.5 Å². The van der Waals surface area contributed by atoms with Gasteiger partial charge in [-0.1, -0.05) is 0 Å². The van der Waals surface area contributed by atoms with Crippen LogP contribution >= 0.6 is 11.7 Å². The smallest absolute Gasteiger partial charge is 0.245 e. The summed E-state index contributed by atoms with van der Waals surface area (Å²) in [6.07, 6.45) is 2.28. The third kappa shape index (κ3) is 4.49. The lowest BCUT2D eigenvalue weighted by atomic mass is 10.1. The van der Waals surface area contributed by atoms with Crippen molar-refractivity contribution in [2.24, 2.45) is 5.92 Å². The van der Waals surface area contributed by atoms with E-state index in [0.717, 1.165) is 24.8 Å². The van der Waals surface area contributed by atoms with Crippen LogP contribution in [-0.2, 0) is 0 Å². The van der Waals surface area contributed by atoms with E-state index in [4.69, 9.17) is 4.74 Å². The summed E-state index contributed by atoms with van der Waals surface area (Å²) < 4.78 is 13.0. The van der Waals surface area contributed by atoms with Crippen LogP contribution in [0.3, 0.4) is 0 Å². The number of aromatic nitrogens is 2. The molecule has 18 heavy (non-hydrogen) atoms. The number of nitrogens with zero attached hydrogens (tertiary/aromatic N) is 3. The van der Waals surface area contributed by atoms with Crippen LogP contribution in [0.15, 0.2) is 6.20 Å². The maximum Gasteiger partial charge on any atom is 0.245 e. The van der Waals surface area contributed by atoms with Gasteiger partial charge in [-0.05, 0) is 32.5 Å². The largest absolute Gasteiger partial charge is 0.473 e. The molecular formula is C11H20N4O2S. The fourth-order valence-electron chi connectivity index (χ4n) is 2.11. The summed E-state index contributed by atoms with van der Waals surface area (Å²) in [5.74, 6) is 1.18. The maximum atomic E-state index is 9.73. The van der Waals surface area contributed by atoms with Gasteiger partial charge in [0.25, 0.3) is 0 Å². The van der Waals surface area contributed by atoms with Gasteiger partial charge >= 0.3 is 0 Å². The fourth-order valence-corrected chi connectivity index (χ4v) is 2.47. The van der Waals surface area contributed by atoms with Crippen molar-refractivity contribution in [2.45, 2.75) is 12.5 Å². The number of hydrogen-bond donors (Lipinski definition) is 2. The molecule has 0 radical (unpaired) electrons. The highest BCUT2D eigenvalue weighted by molar-refractivity contribution is 6.99. The van der Waals surface area contributed by atoms with Crippen LogP contribution in [0.4, 0.5) is 0 Å². The zero-order valence-electron chi connectivity index (χ0n) is 10.6. The Kier molecular flexibility index (Phi) is 5.30. The summed E-state index contributed by atoms with van der Waals surface area (Å²) in [7, 11) is 2.14. The standard InChI is InChI=1S/C11H20N4O2S/c1-15-3-2-9(7-15)4-12-5-10(16)8-17-11-6-13-18-14-11/h6,9-10,12,16H,2-5,7-8H2,1H3. The molecule has 1 saturated heterocycles. The van der Waals surface area contributed by atoms with Crippen LogP contribution in [-0.4, -0.2) is 64.7 Å². The summed E-state index contributed by atoms with van der Waals surface area (Å²) in [6.45, 7) is 4.08. The Labute approximate surface area is 111 Å². The molecule has 1 aromatic rings. The zero-order valence-corrected chi connectivity index (χ0v) is 11.4. The Morgan fingerprint density at radius 2 is 2.61 bits per heavy atom. The minimum Gasteiger partial charge on any atom is -0.473 e. The van der Waals surface area contributed by atoms with Gasteiger partial charge < -0.3 is 20.1 Å². The van der Waals surface area contributed by atoms with E-state index in [0.29, 0.717) is 18.3 Å². The summed E-state index contributed by atoms with van der Waals surface area (Å²) in [6, 6.07) is 0. The van der Waals surface area contributed by atoms with Crippen LogP contribution in [0, 0.1) is 5.92 Å². The van der Waals surface area contributed by atoms with E-state index in [2.05, 4.69) is 26.0 Å². The number of aliphatic hydroxyl groups is 1. The van der Waals surface area contributed by atoms with Crippen molar-refractivity contribution in [1.29, 1.82) is 0 Å². The van der Waals surface area contributed by atoms with E-state index < -0.39 is 6.10 Å². The predicted molar refractivity (Wildman–Crippen MR) is 69.9 cm³/mol. The van der Waals surface area contributed by atoms with E-state index in [9.17, 15) is 5.11 Å². The van der Waals surface area contributed by atoms with E-state index in [1.807, 2.05) is 0 Å². The van der Waals surface area contributed by atoms with Crippen LogP contribution in [0.5, 0.6) is 5.88 Å². The number of rotatable bonds is 7. The lowest BCUT2D eigenvalue weighted by Gasteiger charge is -2.14. The highest BCUT2D eigenvalue weighted by Crippen LogP contribution is 2.12. The molecule has 2 rings (SSSR count). The second-order valence-corrected chi connectivity index (χ2v) is 5.34. The maximum absolute atomic E-state index is 9.73. The zero-order chi connectivity index (χ0) is 12.8. The lowest BCUT2D eigenvalue weighted by Crippen LogP contribution is -2.34. The second-order valence-electron chi connectivity index (χ2n) is 4.79. The Morgan fingerprint density at radius 3 is 3.28 bits per heavy atom. The third-order valence-electron chi connectivity index (χ3n) is 3.07. The Bertz CT molecular complexity index is 336. The highest BCUT2D eigenvalue weighted by Gasteiger charge is 2.19. The van der Waals surface area contributed by atoms with Gasteiger partial charge in [-0.15, -0.1) is 4.37 Å². The van der Waals surface area contributed by atoms with Crippen molar-refractivity contribution in [3.8, 4) is 5.88 Å². The molecular weight excluding hydrogens is 252 g/mol. The molecule has 1 aliphatic heterocycles. The SMILES string of the molecule is CN1CCC(CNCC(O)COc2cnsn2)C1. The Balaban J connectivity index is 1.53. The normalized spacial score (nSPS) is 22.2. The van der Waals surface area contributed by atoms with Crippen molar-refractivity contribution >= 4 is 11.7 Å². The molecule has 2 unspecified atom stereocenters. The first-order chi connectivity index (χ1) is 8.74. The summed E-state index contributed by atoms with van der Waals surface area (Å²) in [5.41, 5.74) is 0. The van der Waals surface area contributed by atoms with E-state index in [1.165, 1.54) is 13.0 Å². The van der Waals surface area contributed by atoms with Gasteiger partial charge in [0.05, 0.1) is 11.7 Å². The first-order valence-corrected chi connectivity index (χ1v) is 6.94. The molecule has 0 aliphatic carbocycles. The number of nitrogens with one attached hydrogen (secondary N) is 1. The van der Waals surface area contributed by atoms with Crippen LogP contribution in [0.2, 0.25) is 0 Å². The molecule has 2 heterocycles. The molecule has 7 heteroatoms. The summed E-state index contributed by atoms with van der Waals surface area (Å²) in [4.78, 5) is 2.33. The fraction of sp³-hybridized carbons (Fsp3) is 0.818. The average molecular weight is 272 g/mol. The van der Waals surface area contributed by atoms with Gasteiger partial charge in [0.2, 0.25) is 5.88 Å². The van der Waals surface area contributed by atoms with Crippen molar-refractivity contribution in [1.82, 2.24) is 19.0 Å². The second kappa shape index (κ2) is 6.98. The summed E-state index contributed by atoms with van der Waals surface area (Å²) in [5, 5.41) is 13.0. The molecule has 2 N–H and O–H groups in total. The van der Waals surface area contributed by atoms with Crippen LogP contribution in [0.1, 0.15) is 6.42 Å². The summed E-state index contributed by atoms with van der Waals surface area (Å²) >= 11 is 1.10. The van der Waals surface area contributed by atoms with Crippen molar-refractivity contribution < 1.29 is 9.84 Å². The van der Waals surface area contributed by atoms with Crippen molar-refractivity contribution in [2.75, 3.05) is 39.8 Å². The molecule has 0 spiro atoms. The van der Waals surface area contributed by atoms with E-state index >= 15 is 0 Å². The molecule has 0 aromatic carbocycles. The van der Waals surface area contributed by atoms with E-state index in [-0.39, 0.29) is 6.61 Å². The number of ether oxygens (including phenoxy) is 1. The van der Waals surface area contributed by atoms with Gasteiger partial charge in [0, 0.05) is 13.1 Å². The molecule has 2 atom stereocenters. The predicted octanol–water partition coefficient (Wildman–Crippen LogP) is -0.181. The Morgan fingerprint density at radius 1 is 1.72 bits per heavy atom. The van der Waals surface area contributed by atoms with Gasteiger partial charge in [-0.3, -0.25) is 0 Å². The first kappa shape index (κ1) is 13.7. The molecule has 1 aromatic heterocycles. The van der Waals surface area contributed by atoms with Crippen molar-refractivity contribution in [3.63, 3.8) is 0 Å². The lowest BCUT2D eigenvalue weighted by molar-refractivity contribution is 0.103. The van der Waals surface area contributed by atoms with Gasteiger partial charge in [0.1, 0.15) is 18.9 Å². The minimum atomic E-state index is -0.508. The molecule has 0 saturated carbocycles. The molecule has 0 amide bonds. The number of likely N-dealkylation sites (tertiary alicyclic amines) is 1. The number of hydrogen-bond acceptors (Lipinski definition) is 7. The first-order valence-electron chi connectivity index (χ1n) is 6.21. The van der Waals surface area contributed by atoms with E-state index in [1.54, 1.807) is 6.20 Å². The van der Waals surface area contributed by atoms with Crippen molar-refractivity contribution in [3.05, 3.63) is 6.20 Å². The monoisotopic (exact) mass is 272 g/mol. The van der Waals surface area contributed by atoms with Gasteiger partial charge in [-0.25, -0.2) is 0 Å².